The molecule has 3 heteroatoms. The Kier molecular flexibility index (Phi) is 4.76. The summed E-state index contributed by atoms with van der Waals surface area (Å²) in [7, 11) is 0. The molecule has 1 aliphatic carbocycles. The highest BCUT2D eigenvalue weighted by atomic mass is 32.2. The summed E-state index contributed by atoms with van der Waals surface area (Å²) in [4.78, 5) is 4.12. The van der Waals surface area contributed by atoms with Crippen LogP contribution in [0.4, 0.5) is 0 Å². The van der Waals surface area contributed by atoms with E-state index in [4.69, 9.17) is 0 Å². The van der Waals surface area contributed by atoms with Crippen molar-refractivity contribution in [2.45, 2.75) is 36.5 Å². The van der Waals surface area contributed by atoms with Gasteiger partial charge in [-0.25, -0.2) is 0 Å². The molecule has 3 rings (SSSR count). The molecule has 0 saturated carbocycles. The van der Waals surface area contributed by atoms with E-state index in [1.807, 2.05) is 0 Å². The summed E-state index contributed by atoms with van der Waals surface area (Å²) in [6.07, 6.45) is 9.27. The standard InChI is InChI=1S/C19H26N2S/c1-15-7-8-17(16(2)14-15)22-19(3)9-5-4-6-18(19)21-12-10-20-11-13-21/h4-9,14,18,20H,10-13H2,1-3H3/p+2. The molecule has 1 fully saturated rings. The maximum absolute atomic E-state index is 2.66. The topological polar surface area (TPSA) is 19.9 Å². The van der Waals surface area contributed by atoms with Crippen LogP contribution in [0.5, 0.6) is 0 Å². The Morgan fingerprint density at radius 3 is 2.68 bits per heavy atom. The van der Waals surface area contributed by atoms with Crippen LogP contribution in [-0.4, -0.2) is 41.9 Å². The molecule has 2 atom stereocenters. The fraction of sp³-hybridized carbons (Fsp3) is 0.474. The molecule has 22 heavy (non-hydrogen) atoms. The van der Waals surface area contributed by atoms with Crippen LogP contribution in [0, 0.1) is 13.8 Å². The van der Waals surface area contributed by atoms with Gasteiger partial charge >= 0.3 is 0 Å². The normalized spacial score (nSPS) is 29.0. The molecule has 0 spiro atoms. The van der Waals surface area contributed by atoms with Gasteiger partial charge in [-0.1, -0.05) is 35.9 Å². The van der Waals surface area contributed by atoms with Crippen LogP contribution in [0.3, 0.4) is 0 Å². The van der Waals surface area contributed by atoms with Crippen molar-refractivity contribution in [2.75, 3.05) is 26.2 Å². The first kappa shape index (κ1) is 15.9. The zero-order valence-electron chi connectivity index (χ0n) is 13.9. The SMILES string of the molecule is Cc1ccc([SH+]C2(C)C=CC=CC2N2CC[NH2+]CC2)c(C)c1. The molecular weight excluding hydrogens is 288 g/mol. The molecule has 118 valence electrons. The number of thiol groups is 1. The second-order valence-corrected chi connectivity index (χ2v) is 8.39. The molecule has 1 heterocycles. The van der Waals surface area contributed by atoms with E-state index in [-0.39, 0.29) is 4.75 Å². The number of hydrogen-bond donors (Lipinski definition) is 1. The van der Waals surface area contributed by atoms with Crippen molar-refractivity contribution in [1.82, 2.24) is 4.90 Å². The molecule has 2 unspecified atom stereocenters. The summed E-state index contributed by atoms with van der Waals surface area (Å²) in [6.45, 7) is 11.7. The van der Waals surface area contributed by atoms with Crippen LogP contribution in [0.2, 0.25) is 0 Å². The predicted octanol–water partition coefficient (Wildman–Crippen LogP) is 1.61. The number of nitrogens with two attached hydrogens (primary N) is 1. The van der Waals surface area contributed by atoms with Gasteiger partial charge in [0, 0.05) is 30.4 Å². The predicted molar refractivity (Wildman–Crippen MR) is 96.6 cm³/mol. The lowest BCUT2D eigenvalue weighted by molar-refractivity contribution is -0.663. The van der Waals surface area contributed by atoms with Crippen molar-refractivity contribution in [3.05, 3.63) is 53.6 Å². The molecular formula is C19H28N2S+2. The largest absolute Gasteiger partial charge is 0.344 e. The van der Waals surface area contributed by atoms with Gasteiger partial charge in [-0.3, -0.25) is 4.90 Å². The molecule has 2 nitrogen and oxygen atoms in total. The van der Waals surface area contributed by atoms with E-state index < -0.39 is 0 Å². The van der Waals surface area contributed by atoms with Crippen LogP contribution in [-0.2, 0) is 11.8 Å². The van der Waals surface area contributed by atoms with E-state index in [0.29, 0.717) is 6.04 Å². The zero-order chi connectivity index (χ0) is 15.6. The minimum absolute atomic E-state index is 0.159. The van der Waals surface area contributed by atoms with Crippen LogP contribution in [0.1, 0.15) is 18.1 Å². The fourth-order valence-corrected chi connectivity index (χ4v) is 5.00. The molecule has 1 aromatic rings. The summed E-state index contributed by atoms with van der Waals surface area (Å²) in [5.74, 6) is 0. The van der Waals surface area contributed by atoms with E-state index in [9.17, 15) is 0 Å². The molecule has 1 aromatic carbocycles. The monoisotopic (exact) mass is 316 g/mol. The maximum atomic E-state index is 2.66. The number of allylic oxidation sites excluding steroid dienone is 2. The number of benzene rings is 1. The Morgan fingerprint density at radius 2 is 1.95 bits per heavy atom. The van der Waals surface area contributed by atoms with Gasteiger partial charge in [0.2, 0.25) is 0 Å². The molecule has 0 radical (unpaired) electrons. The molecule has 0 aromatic heterocycles. The highest BCUT2D eigenvalue weighted by molar-refractivity contribution is 7.80. The molecule has 0 bridgehead atoms. The van der Waals surface area contributed by atoms with Gasteiger partial charge in [-0.05, 0) is 32.9 Å². The lowest BCUT2D eigenvalue weighted by Gasteiger charge is -2.38. The lowest BCUT2D eigenvalue weighted by atomic mass is 9.94. The van der Waals surface area contributed by atoms with E-state index in [2.05, 4.69) is 73.5 Å². The molecule has 0 amide bonds. The van der Waals surface area contributed by atoms with Crippen LogP contribution >= 0.6 is 0 Å². The van der Waals surface area contributed by atoms with Crippen molar-refractivity contribution < 1.29 is 5.32 Å². The average Bonchev–Trinajstić information content (AvgIpc) is 2.51. The van der Waals surface area contributed by atoms with Crippen molar-refractivity contribution in [3.63, 3.8) is 0 Å². The van der Waals surface area contributed by atoms with E-state index in [1.54, 1.807) is 0 Å². The van der Waals surface area contributed by atoms with Crippen molar-refractivity contribution >= 4 is 11.8 Å². The van der Waals surface area contributed by atoms with Crippen LogP contribution in [0.15, 0.2) is 47.4 Å². The first-order valence-corrected chi connectivity index (χ1v) is 9.20. The van der Waals surface area contributed by atoms with E-state index in [0.717, 1.165) is 0 Å². The molecule has 1 saturated heterocycles. The van der Waals surface area contributed by atoms with Gasteiger partial charge in [-0.15, -0.1) is 0 Å². The Bertz CT molecular complexity index is 587. The van der Waals surface area contributed by atoms with Gasteiger partial charge in [-0.2, -0.15) is 0 Å². The van der Waals surface area contributed by atoms with Gasteiger partial charge in [0.15, 0.2) is 9.64 Å². The molecule has 2 aliphatic rings. The summed E-state index contributed by atoms with van der Waals surface area (Å²) >= 11 is 1.42. The summed E-state index contributed by atoms with van der Waals surface area (Å²) in [5, 5.41) is 2.43. The third-order valence-corrected chi connectivity index (χ3v) is 6.42. The third kappa shape index (κ3) is 3.32. The Hall–Kier alpha value is -1.03. The zero-order valence-corrected chi connectivity index (χ0v) is 14.8. The van der Waals surface area contributed by atoms with E-state index >= 15 is 0 Å². The minimum atomic E-state index is 0.159. The second-order valence-electron chi connectivity index (χ2n) is 6.72. The van der Waals surface area contributed by atoms with Crippen LogP contribution in [0.25, 0.3) is 0 Å². The molecule has 1 aliphatic heterocycles. The smallest absolute Gasteiger partial charge is 0.165 e. The van der Waals surface area contributed by atoms with Crippen molar-refractivity contribution in [3.8, 4) is 0 Å². The first-order valence-electron chi connectivity index (χ1n) is 8.30. The highest BCUT2D eigenvalue weighted by Crippen LogP contribution is 2.31. The number of nitrogens with zero attached hydrogens (tertiary/aromatic N) is 1. The Morgan fingerprint density at radius 1 is 1.18 bits per heavy atom. The Labute approximate surface area is 138 Å². The van der Waals surface area contributed by atoms with Crippen molar-refractivity contribution in [1.29, 1.82) is 0 Å². The lowest BCUT2D eigenvalue weighted by Crippen LogP contribution is -2.90. The number of aryl methyl sites for hydroxylation is 2. The number of quaternary nitrogens is 1. The van der Waals surface area contributed by atoms with Gasteiger partial charge in [0.25, 0.3) is 0 Å². The number of rotatable bonds is 3. The van der Waals surface area contributed by atoms with Crippen LogP contribution < -0.4 is 5.32 Å². The summed E-state index contributed by atoms with van der Waals surface area (Å²) in [5.41, 5.74) is 2.76. The second kappa shape index (κ2) is 6.61. The molecule has 2 N–H and O–H groups in total. The van der Waals surface area contributed by atoms with Gasteiger partial charge < -0.3 is 5.32 Å². The third-order valence-electron chi connectivity index (χ3n) is 4.78. The maximum Gasteiger partial charge on any atom is 0.165 e. The van der Waals surface area contributed by atoms with Gasteiger partial charge in [0.1, 0.15) is 0 Å². The fourth-order valence-electron chi connectivity index (χ4n) is 3.55. The van der Waals surface area contributed by atoms with E-state index in [1.165, 1.54) is 54.0 Å². The van der Waals surface area contributed by atoms with Gasteiger partial charge in [0.05, 0.1) is 19.1 Å². The quantitative estimate of drug-likeness (QED) is 0.663. The Balaban J connectivity index is 1.84. The summed E-state index contributed by atoms with van der Waals surface area (Å²) in [6, 6.07) is 7.36. The first-order chi connectivity index (χ1) is 10.6. The summed E-state index contributed by atoms with van der Waals surface area (Å²) < 4.78 is 0.159. The number of piperazine rings is 1. The minimum Gasteiger partial charge on any atom is -0.344 e. The average molecular weight is 317 g/mol. The highest BCUT2D eigenvalue weighted by Gasteiger charge is 2.43. The van der Waals surface area contributed by atoms with Crippen molar-refractivity contribution in [2.24, 2.45) is 0 Å². The number of hydrogen-bond acceptors (Lipinski definition) is 1.